The van der Waals surface area contributed by atoms with Gasteiger partial charge in [0.25, 0.3) is 0 Å². The molecule has 3 rings (SSSR count). The Balaban J connectivity index is 1.65. The largest absolute Gasteiger partial charge is 0.324 e. The SMILES string of the molecule is CC(Sc1ccc(S(=O)(=O)N2CCCC2)cn1)C(=O)Nc1cc(Cl)c(Cl)cc1Cl. The van der Waals surface area contributed by atoms with Crippen molar-refractivity contribution in [1.29, 1.82) is 0 Å². The number of hydrogen-bond donors (Lipinski definition) is 1. The summed E-state index contributed by atoms with van der Waals surface area (Å²) in [5.74, 6) is -0.300. The van der Waals surface area contributed by atoms with Crippen LogP contribution >= 0.6 is 46.6 Å². The molecule has 1 aromatic heterocycles. The number of carbonyl (C=O) groups excluding carboxylic acids is 1. The Morgan fingerprint density at radius 2 is 1.79 bits per heavy atom. The monoisotopic (exact) mass is 493 g/mol. The zero-order valence-electron chi connectivity index (χ0n) is 15.4. The number of nitrogens with one attached hydrogen (secondary N) is 1. The fourth-order valence-electron chi connectivity index (χ4n) is 2.75. The van der Waals surface area contributed by atoms with Crippen LogP contribution in [0.3, 0.4) is 0 Å². The van der Waals surface area contributed by atoms with Crippen LogP contribution in [0.5, 0.6) is 0 Å². The number of benzene rings is 1. The summed E-state index contributed by atoms with van der Waals surface area (Å²) in [6, 6.07) is 6.06. The molecule has 29 heavy (non-hydrogen) atoms. The maximum atomic E-state index is 12.5. The predicted octanol–water partition coefficient (Wildman–Crippen LogP) is 4.95. The van der Waals surface area contributed by atoms with Crippen LogP contribution in [0.25, 0.3) is 0 Å². The van der Waals surface area contributed by atoms with E-state index >= 15 is 0 Å². The first kappa shape index (κ1) is 22.7. The number of amides is 1. The molecule has 1 aliphatic rings. The van der Waals surface area contributed by atoms with E-state index in [1.165, 1.54) is 40.5 Å². The molecular formula is C18H18Cl3N3O3S2. The van der Waals surface area contributed by atoms with Gasteiger partial charge in [-0.2, -0.15) is 4.31 Å². The number of hydrogen-bond acceptors (Lipinski definition) is 5. The molecule has 1 N–H and O–H groups in total. The molecule has 0 radical (unpaired) electrons. The van der Waals surface area contributed by atoms with Gasteiger partial charge in [0.1, 0.15) is 4.90 Å². The predicted molar refractivity (Wildman–Crippen MR) is 118 cm³/mol. The number of nitrogens with zero attached hydrogens (tertiary/aromatic N) is 2. The molecule has 2 heterocycles. The molecule has 2 aromatic rings. The Morgan fingerprint density at radius 1 is 1.14 bits per heavy atom. The molecule has 1 aliphatic heterocycles. The van der Waals surface area contributed by atoms with Crippen molar-refractivity contribution in [2.24, 2.45) is 0 Å². The lowest BCUT2D eigenvalue weighted by atomic mass is 10.3. The van der Waals surface area contributed by atoms with Crippen LogP contribution in [0.4, 0.5) is 5.69 Å². The van der Waals surface area contributed by atoms with E-state index in [-0.39, 0.29) is 20.8 Å². The quantitative estimate of drug-likeness (QED) is 0.454. The summed E-state index contributed by atoms with van der Waals surface area (Å²) >= 11 is 19.1. The van der Waals surface area contributed by atoms with Gasteiger partial charge in [-0.25, -0.2) is 13.4 Å². The molecule has 0 saturated carbocycles. The van der Waals surface area contributed by atoms with Crippen molar-refractivity contribution in [3.63, 3.8) is 0 Å². The summed E-state index contributed by atoms with van der Waals surface area (Å²) in [5.41, 5.74) is 0.360. The third-order valence-electron chi connectivity index (χ3n) is 4.35. The Labute approximate surface area is 189 Å². The molecule has 0 spiro atoms. The highest BCUT2D eigenvalue weighted by molar-refractivity contribution is 8.00. The Hall–Kier alpha value is -1.03. The first-order chi connectivity index (χ1) is 13.7. The highest BCUT2D eigenvalue weighted by Crippen LogP contribution is 2.33. The van der Waals surface area contributed by atoms with Gasteiger partial charge < -0.3 is 5.32 Å². The lowest BCUT2D eigenvalue weighted by molar-refractivity contribution is -0.115. The molecule has 1 atom stereocenters. The van der Waals surface area contributed by atoms with E-state index in [1.54, 1.807) is 13.0 Å². The van der Waals surface area contributed by atoms with Crippen LogP contribution in [0.1, 0.15) is 19.8 Å². The zero-order valence-corrected chi connectivity index (χ0v) is 19.3. The van der Waals surface area contributed by atoms with Crippen molar-refractivity contribution < 1.29 is 13.2 Å². The van der Waals surface area contributed by atoms with E-state index in [1.807, 2.05) is 0 Å². The first-order valence-corrected chi connectivity index (χ1v) is 12.2. The van der Waals surface area contributed by atoms with Crippen LogP contribution in [0.2, 0.25) is 15.1 Å². The molecule has 11 heteroatoms. The average molecular weight is 495 g/mol. The lowest BCUT2D eigenvalue weighted by Crippen LogP contribution is -2.28. The summed E-state index contributed by atoms with van der Waals surface area (Å²) in [6.07, 6.45) is 3.07. The number of sulfonamides is 1. The normalized spacial score (nSPS) is 16.0. The molecule has 0 bridgehead atoms. The van der Waals surface area contributed by atoms with Crippen molar-refractivity contribution in [2.45, 2.75) is 34.9 Å². The number of pyridine rings is 1. The van der Waals surface area contributed by atoms with Gasteiger partial charge in [0.15, 0.2) is 0 Å². The molecular weight excluding hydrogens is 477 g/mol. The third kappa shape index (κ3) is 5.37. The molecule has 1 fully saturated rings. The smallest absolute Gasteiger partial charge is 0.244 e. The van der Waals surface area contributed by atoms with E-state index in [4.69, 9.17) is 34.8 Å². The third-order valence-corrected chi connectivity index (χ3v) is 8.31. The Morgan fingerprint density at radius 3 is 2.41 bits per heavy atom. The topological polar surface area (TPSA) is 79.4 Å². The van der Waals surface area contributed by atoms with Crippen LogP contribution < -0.4 is 5.32 Å². The van der Waals surface area contributed by atoms with E-state index in [9.17, 15) is 13.2 Å². The minimum atomic E-state index is -3.51. The van der Waals surface area contributed by atoms with Gasteiger partial charge in [0.05, 0.1) is 31.0 Å². The molecule has 1 aromatic carbocycles. The van der Waals surface area contributed by atoms with Crippen LogP contribution in [0.15, 0.2) is 40.4 Å². The lowest BCUT2D eigenvalue weighted by Gasteiger charge is -2.16. The van der Waals surface area contributed by atoms with Crippen molar-refractivity contribution in [1.82, 2.24) is 9.29 Å². The highest BCUT2D eigenvalue weighted by Gasteiger charge is 2.27. The molecule has 1 saturated heterocycles. The number of thioether (sulfide) groups is 1. The number of halogens is 3. The first-order valence-electron chi connectivity index (χ1n) is 8.77. The van der Waals surface area contributed by atoms with Crippen molar-refractivity contribution in [3.05, 3.63) is 45.5 Å². The molecule has 0 aliphatic carbocycles. The van der Waals surface area contributed by atoms with Crippen molar-refractivity contribution in [2.75, 3.05) is 18.4 Å². The minimum Gasteiger partial charge on any atom is -0.324 e. The number of rotatable bonds is 6. The number of aromatic nitrogens is 1. The van der Waals surface area contributed by atoms with Crippen LogP contribution in [-0.4, -0.2) is 42.0 Å². The van der Waals surface area contributed by atoms with Gasteiger partial charge >= 0.3 is 0 Å². The molecule has 1 unspecified atom stereocenters. The minimum absolute atomic E-state index is 0.156. The maximum absolute atomic E-state index is 12.5. The zero-order chi connectivity index (χ0) is 21.2. The van der Waals surface area contributed by atoms with Crippen molar-refractivity contribution >= 4 is 68.2 Å². The maximum Gasteiger partial charge on any atom is 0.244 e. The molecule has 156 valence electrons. The van der Waals surface area contributed by atoms with Gasteiger partial charge in [0.2, 0.25) is 15.9 Å². The highest BCUT2D eigenvalue weighted by atomic mass is 35.5. The standard InChI is InChI=1S/C18H18Cl3N3O3S2/c1-11(18(25)23-16-9-14(20)13(19)8-15(16)21)28-17-5-4-12(10-22-17)29(26,27)24-6-2-3-7-24/h4-5,8-11H,2-3,6-7H2,1H3,(H,23,25). The average Bonchev–Trinajstić information content (AvgIpc) is 3.22. The van der Waals surface area contributed by atoms with Gasteiger partial charge in [-0.3, -0.25) is 4.79 Å². The van der Waals surface area contributed by atoms with E-state index in [0.29, 0.717) is 28.8 Å². The van der Waals surface area contributed by atoms with Crippen molar-refractivity contribution in [3.8, 4) is 0 Å². The van der Waals surface area contributed by atoms with E-state index < -0.39 is 15.3 Å². The Bertz CT molecular complexity index is 1010. The Kier molecular flexibility index (Phi) is 7.35. The fourth-order valence-corrected chi connectivity index (χ4v) is 5.60. The number of carbonyl (C=O) groups is 1. The second kappa shape index (κ2) is 9.41. The second-order valence-electron chi connectivity index (χ2n) is 6.44. The number of anilines is 1. The summed E-state index contributed by atoms with van der Waals surface area (Å²) in [5, 5.41) is 3.59. The fraction of sp³-hybridized carbons (Fsp3) is 0.333. The summed E-state index contributed by atoms with van der Waals surface area (Å²) in [6.45, 7) is 2.78. The van der Waals surface area contributed by atoms with Gasteiger partial charge in [-0.15, -0.1) is 0 Å². The van der Waals surface area contributed by atoms with Crippen LogP contribution in [0, 0.1) is 0 Å². The van der Waals surface area contributed by atoms with E-state index in [0.717, 1.165) is 12.8 Å². The van der Waals surface area contributed by atoms with Crippen LogP contribution in [-0.2, 0) is 14.8 Å². The van der Waals surface area contributed by atoms with Gasteiger partial charge in [-0.05, 0) is 44.0 Å². The van der Waals surface area contributed by atoms with Gasteiger partial charge in [-0.1, -0.05) is 46.6 Å². The summed E-state index contributed by atoms with van der Waals surface area (Å²) in [7, 11) is -3.51. The molecule has 6 nitrogen and oxygen atoms in total. The summed E-state index contributed by atoms with van der Waals surface area (Å²) < 4.78 is 26.6. The molecule has 1 amide bonds. The second-order valence-corrected chi connectivity index (χ2v) is 11.0. The van der Waals surface area contributed by atoms with Gasteiger partial charge in [0, 0.05) is 19.3 Å². The summed E-state index contributed by atoms with van der Waals surface area (Å²) in [4.78, 5) is 16.8. The van der Waals surface area contributed by atoms with E-state index in [2.05, 4.69) is 10.3 Å².